The largest absolute Gasteiger partial charge is 0.444 e. The summed E-state index contributed by atoms with van der Waals surface area (Å²) >= 11 is 3.37. The third-order valence-corrected chi connectivity index (χ3v) is 4.08. The Morgan fingerprint density at radius 3 is 2.52 bits per heavy atom. The lowest BCUT2D eigenvalue weighted by atomic mass is 9.97. The minimum absolute atomic E-state index is 0.0550. The molecule has 0 spiro atoms. The first-order valence-corrected chi connectivity index (χ1v) is 8.58. The maximum atomic E-state index is 12.4. The fraction of sp³-hybridized carbons (Fsp3) is 0.529. The van der Waals surface area contributed by atoms with Crippen LogP contribution in [0.5, 0.6) is 0 Å². The number of halogens is 1. The number of carbonyl (C=O) groups is 2. The minimum Gasteiger partial charge on any atom is -0.444 e. The van der Waals surface area contributed by atoms with Crippen molar-refractivity contribution >= 4 is 33.6 Å². The molecule has 0 aromatic heterocycles. The Balaban J connectivity index is 1.93. The molecule has 0 bridgehead atoms. The monoisotopic (exact) mass is 382 g/mol. The third-order valence-electron chi connectivity index (χ3n) is 3.56. The number of rotatable bonds is 2. The fourth-order valence-corrected chi connectivity index (χ4v) is 2.73. The number of anilines is 1. The third kappa shape index (κ3) is 5.53. The summed E-state index contributed by atoms with van der Waals surface area (Å²) in [6.45, 7) is 6.56. The van der Waals surface area contributed by atoms with Crippen LogP contribution in [0.25, 0.3) is 0 Å². The van der Waals surface area contributed by atoms with Gasteiger partial charge in [-0.2, -0.15) is 0 Å². The van der Waals surface area contributed by atoms with Gasteiger partial charge in [-0.05, 0) is 57.9 Å². The standard InChI is InChI=1S/C17H23BrN2O3/c1-17(2,3)23-16(22)20-10-4-5-12(11-20)15(21)19-14-8-6-13(18)7-9-14/h6-9,12H,4-5,10-11H2,1-3H3,(H,19,21). The Morgan fingerprint density at radius 1 is 1.26 bits per heavy atom. The lowest BCUT2D eigenvalue weighted by molar-refractivity contribution is -0.121. The van der Waals surface area contributed by atoms with E-state index in [9.17, 15) is 9.59 Å². The first kappa shape index (κ1) is 17.8. The van der Waals surface area contributed by atoms with Gasteiger partial charge in [0.25, 0.3) is 0 Å². The number of likely N-dealkylation sites (tertiary alicyclic amines) is 1. The molecule has 0 aliphatic carbocycles. The molecule has 1 aliphatic rings. The summed E-state index contributed by atoms with van der Waals surface area (Å²) in [6.07, 6.45) is 1.23. The van der Waals surface area contributed by atoms with Crippen LogP contribution in [0.2, 0.25) is 0 Å². The molecule has 1 fully saturated rings. The van der Waals surface area contributed by atoms with Crippen molar-refractivity contribution in [1.82, 2.24) is 4.90 Å². The molecule has 1 unspecified atom stereocenters. The van der Waals surface area contributed by atoms with Gasteiger partial charge in [-0.15, -0.1) is 0 Å². The summed E-state index contributed by atoms with van der Waals surface area (Å²) in [5, 5.41) is 2.91. The van der Waals surface area contributed by atoms with E-state index in [4.69, 9.17) is 4.74 Å². The summed E-state index contributed by atoms with van der Waals surface area (Å²) in [5.41, 5.74) is 0.233. The number of amides is 2. The minimum atomic E-state index is -0.524. The quantitative estimate of drug-likeness (QED) is 0.839. The van der Waals surface area contributed by atoms with Crippen molar-refractivity contribution in [3.05, 3.63) is 28.7 Å². The second-order valence-corrected chi connectivity index (χ2v) is 7.68. The average molecular weight is 383 g/mol. The van der Waals surface area contributed by atoms with Gasteiger partial charge in [0.05, 0.1) is 5.92 Å². The van der Waals surface area contributed by atoms with E-state index in [2.05, 4.69) is 21.2 Å². The molecule has 1 heterocycles. The van der Waals surface area contributed by atoms with Gasteiger partial charge in [0.1, 0.15) is 5.60 Å². The maximum Gasteiger partial charge on any atom is 0.410 e. The van der Waals surface area contributed by atoms with Crippen LogP contribution in [0.3, 0.4) is 0 Å². The lowest BCUT2D eigenvalue weighted by Crippen LogP contribution is -2.45. The predicted octanol–water partition coefficient (Wildman–Crippen LogP) is 4.03. The van der Waals surface area contributed by atoms with Crippen molar-refractivity contribution in [3.63, 3.8) is 0 Å². The van der Waals surface area contributed by atoms with Crippen molar-refractivity contribution in [2.24, 2.45) is 5.92 Å². The van der Waals surface area contributed by atoms with Gasteiger partial charge < -0.3 is 15.0 Å². The van der Waals surface area contributed by atoms with Gasteiger partial charge >= 0.3 is 6.09 Å². The van der Waals surface area contributed by atoms with Crippen LogP contribution < -0.4 is 5.32 Å². The highest BCUT2D eigenvalue weighted by molar-refractivity contribution is 9.10. The van der Waals surface area contributed by atoms with E-state index < -0.39 is 5.60 Å². The number of piperidine rings is 1. The molecule has 2 rings (SSSR count). The molecule has 5 nitrogen and oxygen atoms in total. The highest BCUT2D eigenvalue weighted by Crippen LogP contribution is 2.21. The van der Waals surface area contributed by atoms with Crippen molar-refractivity contribution in [1.29, 1.82) is 0 Å². The van der Waals surface area contributed by atoms with Gasteiger partial charge in [-0.3, -0.25) is 4.79 Å². The number of hydrogen-bond donors (Lipinski definition) is 1. The lowest BCUT2D eigenvalue weighted by Gasteiger charge is -2.33. The van der Waals surface area contributed by atoms with E-state index in [-0.39, 0.29) is 17.9 Å². The Kier molecular flexibility index (Phi) is 5.68. The van der Waals surface area contributed by atoms with Crippen LogP contribution in [-0.2, 0) is 9.53 Å². The van der Waals surface area contributed by atoms with E-state index in [0.29, 0.717) is 13.1 Å². The van der Waals surface area contributed by atoms with Crippen molar-refractivity contribution in [3.8, 4) is 0 Å². The van der Waals surface area contributed by atoms with Gasteiger partial charge in [0, 0.05) is 23.2 Å². The molecule has 126 valence electrons. The van der Waals surface area contributed by atoms with E-state index in [0.717, 1.165) is 23.0 Å². The zero-order valence-electron chi connectivity index (χ0n) is 13.8. The van der Waals surface area contributed by atoms with Crippen molar-refractivity contribution in [2.75, 3.05) is 18.4 Å². The summed E-state index contributed by atoms with van der Waals surface area (Å²) in [6, 6.07) is 7.44. The second kappa shape index (κ2) is 7.34. The number of ether oxygens (including phenoxy) is 1. The number of nitrogens with one attached hydrogen (secondary N) is 1. The van der Waals surface area contributed by atoms with Crippen molar-refractivity contribution in [2.45, 2.75) is 39.2 Å². The van der Waals surface area contributed by atoms with Crippen LogP contribution in [0.15, 0.2) is 28.7 Å². The van der Waals surface area contributed by atoms with Gasteiger partial charge in [-0.1, -0.05) is 15.9 Å². The van der Waals surface area contributed by atoms with Crippen LogP contribution in [0.4, 0.5) is 10.5 Å². The predicted molar refractivity (Wildman–Crippen MR) is 93.3 cm³/mol. The van der Waals surface area contributed by atoms with Gasteiger partial charge in [-0.25, -0.2) is 4.79 Å². The molecule has 6 heteroatoms. The van der Waals surface area contributed by atoms with Crippen LogP contribution in [-0.4, -0.2) is 35.6 Å². The average Bonchev–Trinajstić information content (AvgIpc) is 2.48. The maximum absolute atomic E-state index is 12.4. The molecule has 1 aliphatic heterocycles. The Bertz CT molecular complexity index is 566. The molecule has 1 atom stereocenters. The molecule has 0 saturated carbocycles. The molecule has 23 heavy (non-hydrogen) atoms. The normalized spacial score (nSPS) is 18.4. The Labute approximate surface area is 145 Å². The van der Waals surface area contributed by atoms with E-state index in [1.807, 2.05) is 45.0 Å². The summed E-state index contributed by atoms with van der Waals surface area (Å²) in [4.78, 5) is 26.2. The topological polar surface area (TPSA) is 58.6 Å². The second-order valence-electron chi connectivity index (χ2n) is 6.76. The molecule has 1 saturated heterocycles. The fourth-order valence-electron chi connectivity index (χ4n) is 2.46. The Morgan fingerprint density at radius 2 is 1.91 bits per heavy atom. The molecule has 1 N–H and O–H groups in total. The first-order valence-electron chi connectivity index (χ1n) is 7.79. The van der Waals surface area contributed by atoms with Crippen molar-refractivity contribution < 1.29 is 14.3 Å². The first-order chi connectivity index (χ1) is 10.7. The van der Waals surface area contributed by atoms with E-state index in [1.54, 1.807) is 4.90 Å². The molecule has 0 radical (unpaired) electrons. The van der Waals surface area contributed by atoms with Crippen LogP contribution in [0.1, 0.15) is 33.6 Å². The summed E-state index contributed by atoms with van der Waals surface area (Å²) in [7, 11) is 0. The zero-order chi connectivity index (χ0) is 17.0. The SMILES string of the molecule is CC(C)(C)OC(=O)N1CCCC(C(=O)Nc2ccc(Br)cc2)C1. The van der Waals surface area contributed by atoms with E-state index >= 15 is 0 Å². The number of hydrogen-bond acceptors (Lipinski definition) is 3. The van der Waals surface area contributed by atoms with E-state index in [1.165, 1.54) is 0 Å². The molecule has 1 aromatic carbocycles. The molecule has 1 aromatic rings. The smallest absolute Gasteiger partial charge is 0.410 e. The highest BCUT2D eigenvalue weighted by Gasteiger charge is 2.31. The molecular weight excluding hydrogens is 360 g/mol. The zero-order valence-corrected chi connectivity index (χ0v) is 15.4. The summed E-state index contributed by atoms with van der Waals surface area (Å²) in [5.74, 6) is -0.263. The summed E-state index contributed by atoms with van der Waals surface area (Å²) < 4.78 is 6.35. The highest BCUT2D eigenvalue weighted by atomic mass is 79.9. The number of nitrogens with zero attached hydrogens (tertiary/aromatic N) is 1. The van der Waals surface area contributed by atoms with Gasteiger partial charge in [0.2, 0.25) is 5.91 Å². The number of carbonyl (C=O) groups excluding carboxylic acids is 2. The molecular formula is C17H23BrN2O3. The number of benzene rings is 1. The Hall–Kier alpha value is -1.56. The van der Waals surface area contributed by atoms with Gasteiger partial charge in [0.15, 0.2) is 0 Å². The molecule has 2 amide bonds. The van der Waals surface area contributed by atoms with Crippen LogP contribution >= 0.6 is 15.9 Å². The van der Waals surface area contributed by atoms with Crippen LogP contribution in [0, 0.1) is 5.92 Å².